The quantitative estimate of drug-likeness (QED) is 0.488. The van der Waals surface area contributed by atoms with E-state index in [1.54, 1.807) is 12.3 Å². The third-order valence-electron chi connectivity index (χ3n) is 4.18. The van der Waals surface area contributed by atoms with Gasteiger partial charge in [0.15, 0.2) is 5.70 Å². The average molecular weight is 373 g/mol. The Morgan fingerprint density at radius 1 is 1.11 bits per heavy atom. The molecule has 1 aromatic heterocycles. The zero-order valence-corrected chi connectivity index (χ0v) is 15.4. The van der Waals surface area contributed by atoms with Crippen molar-refractivity contribution in [3.05, 3.63) is 89.4 Å². The number of hydrogen-bond acceptors (Lipinski definition) is 5. The highest BCUT2D eigenvalue weighted by molar-refractivity contribution is 6.12. The van der Waals surface area contributed by atoms with Crippen molar-refractivity contribution in [3.8, 4) is 5.75 Å². The molecule has 0 saturated carbocycles. The molecule has 1 aliphatic heterocycles. The van der Waals surface area contributed by atoms with Crippen LogP contribution in [0.5, 0.6) is 5.75 Å². The number of benzene rings is 2. The van der Waals surface area contributed by atoms with Crippen molar-refractivity contribution in [1.29, 1.82) is 0 Å². The molecular formula is C22H19N3O3. The number of carbonyl (C=O) groups excluding carboxylic acids is 1. The highest BCUT2D eigenvalue weighted by atomic mass is 16.6. The smallest absolute Gasteiger partial charge is 0.363 e. The first kappa shape index (κ1) is 17.7. The van der Waals surface area contributed by atoms with Gasteiger partial charge in [-0.3, -0.25) is 4.68 Å². The van der Waals surface area contributed by atoms with E-state index in [4.69, 9.17) is 9.47 Å². The Hall–Kier alpha value is -3.67. The van der Waals surface area contributed by atoms with Crippen LogP contribution in [0.25, 0.3) is 6.08 Å². The van der Waals surface area contributed by atoms with Crippen molar-refractivity contribution in [2.75, 3.05) is 6.61 Å². The second-order valence-electron chi connectivity index (χ2n) is 6.25. The van der Waals surface area contributed by atoms with Gasteiger partial charge < -0.3 is 9.47 Å². The lowest BCUT2D eigenvalue weighted by Gasteiger charge is -2.03. The zero-order chi connectivity index (χ0) is 19.3. The number of rotatable bonds is 6. The van der Waals surface area contributed by atoms with E-state index < -0.39 is 5.97 Å². The molecule has 140 valence electrons. The first-order valence-corrected chi connectivity index (χ1v) is 9.03. The van der Waals surface area contributed by atoms with Gasteiger partial charge in [-0.15, -0.1) is 0 Å². The number of esters is 1. The summed E-state index contributed by atoms with van der Waals surface area (Å²) < 4.78 is 12.5. The summed E-state index contributed by atoms with van der Waals surface area (Å²) >= 11 is 0. The second kappa shape index (κ2) is 7.92. The van der Waals surface area contributed by atoms with Crippen molar-refractivity contribution in [2.45, 2.75) is 13.5 Å². The highest BCUT2D eigenvalue weighted by Gasteiger charge is 2.24. The normalized spacial score (nSPS) is 14.8. The van der Waals surface area contributed by atoms with Crippen molar-refractivity contribution in [3.63, 3.8) is 0 Å². The number of aliphatic imine (C=N–C) groups is 1. The van der Waals surface area contributed by atoms with Gasteiger partial charge in [-0.05, 0) is 42.8 Å². The van der Waals surface area contributed by atoms with Crippen LogP contribution in [-0.2, 0) is 16.1 Å². The van der Waals surface area contributed by atoms with Gasteiger partial charge >= 0.3 is 5.97 Å². The van der Waals surface area contributed by atoms with Gasteiger partial charge in [0.1, 0.15) is 5.75 Å². The number of hydrogen-bond donors (Lipinski definition) is 0. The summed E-state index contributed by atoms with van der Waals surface area (Å²) in [5, 5.41) is 4.34. The second-order valence-corrected chi connectivity index (χ2v) is 6.25. The van der Waals surface area contributed by atoms with Gasteiger partial charge in [-0.25, -0.2) is 9.79 Å². The van der Waals surface area contributed by atoms with Gasteiger partial charge in [-0.1, -0.05) is 30.3 Å². The fourth-order valence-corrected chi connectivity index (χ4v) is 2.86. The Kier molecular flexibility index (Phi) is 5.01. The lowest BCUT2D eigenvalue weighted by atomic mass is 10.2. The molecule has 0 atom stereocenters. The third-order valence-corrected chi connectivity index (χ3v) is 4.18. The highest BCUT2D eigenvalue weighted by Crippen LogP contribution is 2.21. The van der Waals surface area contributed by atoms with Crippen molar-refractivity contribution >= 4 is 17.9 Å². The Morgan fingerprint density at radius 2 is 1.89 bits per heavy atom. The van der Waals surface area contributed by atoms with E-state index >= 15 is 0 Å². The number of cyclic esters (lactones) is 1. The van der Waals surface area contributed by atoms with Crippen LogP contribution in [0.2, 0.25) is 0 Å². The lowest BCUT2D eigenvalue weighted by Crippen LogP contribution is -2.05. The van der Waals surface area contributed by atoms with Crippen molar-refractivity contribution in [2.24, 2.45) is 4.99 Å². The molecule has 2 aromatic carbocycles. The van der Waals surface area contributed by atoms with E-state index in [9.17, 15) is 4.79 Å². The van der Waals surface area contributed by atoms with E-state index in [2.05, 4.69) is 10.1 Å². The van der Waals surface area contributed by atoms with Crippen LogP contribution in [0, 0.1) is 0 Å². The first-order valence-electron chi connectivity index (χ1n) is 9.03. The standard InChI is InChI=1S/C22H19N3O3/c1-2-27-19-10-8-18(9-11-19)21-24-20(22(26)28-21)12-17-13-23-25(15-17)14-16-6-4-3-5-7-16/h3-13,15H,2,14H2,1H3/b20-12-. The van der Waals surface area contributed by atoms with E-state index in [0.29, 0.717) is 13.2 Å². The molecule has 0 unspecified atom stereocenters. The molecule has 1 aliphatic rings. The monoisotopic (exact) mass is 373 g/mol. The van der Waals surface area contributed by atoms with Crippen LogP contribution in [0.1, 0.15) is 23.6 Å². The van der Waals surface area contributed by atoms with Crippen LogP contribution in [0.3, 0.4) is 0 Å². The molecule has 4 rings (SSSR count). The van der Waals surface area contributed by atoms with Crippen LogP contribution in [0.15, 0.2) is 77.7 Å². The average Bonchev–Trinajstić information content (AvgIpc) is 3.30. The van der Waals surface area contributed by atoms with Crippen LogP contribution >= 0.6 is 0 Å². The Balaban J connectivity index is 1.50. The molecule has 0 amide bonds. The summed E-state index contributed by atoms with van der Waals surface area (Å²) in [5.74, 6) is 0.577. The van der Waals surface area contributed by atoms with Crippen LogP contribution in [0.4, 0.5) is 0 Å². The largest absolute Gasteiger partial charge is 0.494 e. The van der Waals surface area contributed by atoms with Gasteiger partial charge in [0.2, 0.25) is 5.90 Å². The van der Waals surface area contributed by atoms with Crippen LogP contribution in [-0.4, -0.2) is 28.3 Å². The molecule has 0 spiro atoms. The predicted octanol–water partition coefficient (Wildman–Crippen LogP) is 3.67. The number of ether oxygens (including phenoxy) is 2. The molecule has 0 saturated heterocycles. The summed E-state index contributed by atoms with van der Waals surface area (Å²) in [7, 11) is 0. The van der Waals surface area contributed by atoms with E-state index in [0.717, 1.165) is 22.4 Å². The van der Waals surface area contributed by atoms with Gasteiger partial charge in [-0.2, -0.15) is 5.10 Å². The zero-order valence-electron chi connectivity index (χ0n) is 15.4. The maximum atomic E-state index is 12.2. The van der Waals surface area contributed by atoms with Gasteiger partial charge in [0, 0.05) is 17.3 Å². The molecule has 2 heterocycles. The number of carbonyl (C=O) groups is 1. The minimum atomic E-state index is -0.473. The third kappa shape index (κ3) is 4.01. The van der Waals surface area contributed by atoms with E-state index in [1.165, 1.54) is 0 Å². The molecule has 6 heteroatoms. The van der Waals surface area contributed by atoms with E-state index in [-0.39, 0.29) is 11.6 Å². The minimum Gasteiger partial charge on any atom is -0.494 e. The summed E-state index contributed by atoms with van der Waals surface area (Å²) in [6.45, 7) is 3.19. The van der Waals surface area contributed by atoms with Gasteiger partial charge in [0.05, 0.1) is 19.3 Å². The summed E-state index contributed by atoms with van der Waals surface area (Å²) in [6, 6.07) is 17.3. The molecule has 3 aromatic rings. The van der Waals surface area contributed by atoms with Crippen LogP contribution < -0.4 is 4.74 Å². The molecule has 0 N–H and O–H groups in total. The molecule has 0 fully saturated rings. The Morgan fingerprint density at radius 3 is 2.64 bits per heavy atom. The fourth-order valence-electron chi connectivity index (χ4n) is 2.86. The molecule has 6 nitrogen and oxygen atoms in total. The SMILES string of the molecule is CCOc1ccc(C2=N/C(=C\c3cnn(Cc4ccccc4)c3)C(=O)O2)cc1. The lowest BCUT2D eigenvalue weighted by molar-refractivity contribution is -0.129. The number of nitrogens with zero attached hydrogens (tertiary/aromatic N) is 3. The molecule has 0 bridgehead atoms. The summed E-state index contributed by atoms with van der Waals surface area (Å²) in [4.78, 5) is 16.5. The van der Waals surface area contributed by atoms with Crippen molar-refractivity contribution < 1.29 is 14.3 Å². The molecule has 0 radical (unpaired) electrons. The van der Waals surface area contributed by atoms with E-state index in [1.807, 2.05) is 72.4 Å². The topological polar surface area (TPSA) is 65.7 Å². The minimum absolute atomic E-state index is 0.253. The Labute approximate surface area is 162 Å². The molecule has 0 aliphatic carbocycles. The van der Waals surface area contributed by atoms with Gasteiger partial charge in [0.25, 0.3) is 0 Å². The first-order chi connectivity index (χ1) is 13.7. The predicted molar refractivity (Wildman–Crippen MR) is 106 cm³/mol. The maximum absolute atomic E-state index is 12.2. The molecular weight excluding hydrogens is 354 g/mol. The fraction of sp³-hybridized carbons (Fsp3) is 0.136. The summed E-state index contributed by atoms with van der Waals surface area (Å²) in [5.41, 5.74) is 2.92. The van der Waals surface area contributed by atoms with Crippen molar-refractivity contribution in [1.82, 2.24) is 9.78 Å². The Bertz CT molecular complexity index is 1030. The maximum Gasteiger partial charge on any atom is 0.363 e. The molecule has 28 heavy (non-hydrogen) atoms. The number of aromatic nitrogens is 2. The summed E-state index contributed by atoms with van der Waals surface area (Å²) in [6.07, 6.45) is 5.25.